The third kappa shape index (κ3) is 3.08. The maximum absolute atomic E-state index is 10.8. The normalized spacial score (nSPS) is 43.7. The number of aliphatic hydroxyl groups excluding tert-OH is 2. The topological polar surface area (TPSA) is 112 Å². The Bertz CT molecular complexity index is 740. The van der Waals surface area contributed by atoms with Gasteiger partial charge in [0.1, 0.15) is 30.6 Å². The van der Waals surface area contributed by atoms with Crippen molar-refractivity contribution in [3.05, 3.63) is 34.3 Å². The zero-order valence-electron chi connectivity index (χ0n) is 15.5. The van der Waals surface area contributed by atoms with Crippen molar-refractivity contribution >= 4 is 11.6 Å². The van der Waals surface area contributed by atoms with Crippen molar-refractivity contribution in [2.24, 2.45) is 11.7 Å². The Labute approximate surface area is 168 Å². The number of hydrogen-bond donors (Lipinski definition) is 5. The molecule has 8 atom stereocenters. The van der Waals surface area contributed by atoms with Crippen LogP contribution in [0.5, 0.6) is 0 Å². The average Bonchev–Trinajstić information content (AvgIpc) is 3.24. The predicted octanol–water partition coefficient (Wildman–Crippen LogP) is -0.516. The molecule has 28 heavy (non-hydrogen) atoms. The van der Waals surface area contributed by atoms with Gasteiger partial charge >= 0.3 is 0 Å². The molecule has 0 bridgehead atoms. The highest BCUT2D eigenvalue weighted by molar-refractivity contribution is 6.30. The summed E-state index contributed by atoms with van der Waals surface area (Å²) in [4.78, 5) is 2.09. The molecule has 0 radical (unpaired) electrons. The van der Waals surface area contributed by atoms with Gasteiger partial charge in [0.15, 0.2) is 0 Å². The lowest BCUT2D eigenvalue weighted by atomic mass is 9.92. The third-order valence-corrected chi connectivity index (χ3v) is 6.81. The first-order valence-electron chi connectivity index (χ1n) is 9.94. The Hall–Kier alpha value is -0.810. The molecule has 0 aliphatic carbocycles. The highest BCUT2D eigenvalue weighted by atomic mass is 35.5. The second-order valence-corrected chi connectivity index (χ2v) is 8.54. The van der Waals surface area contributed by atoms with Gasteiger partial charge in [0.2, 0.25) is 0 Å². The van der Waals surface area contributed by atoms with E-state index in [1.807, 2.05) is 18.2 Å². The maximum atomic E-state index is 10.8. The summed E-state index contributed by atoms with van der Waals surface area (Å²) < 4.78 is 12.2. The number of nitrogens with two attached hydrogens (primary N) is 1. The van der Waals surface area contributed by atoms with E-state index in [0.29, 0.717) is 18.3 Å². The molecule has 8 nitrogen and oxygen atoms in total. The summed E-state index contributed by atoms with van der Waals surface area (Å²) in [5, 5.41) is 28.9. The SMILES string of the molecule is NC1NCNC2C1CCN2[C@@H]1O[C@H]([C@@H]2OCCc3cc(Cl)ccc32)[C@@H](O)[C@H]1O. The van der Waals surface area contributed by atoms with E-state index in [2.05, 4.69) is 15.5 Å². The van der Waals surface area contributed by atoms with Crippen molar-refractivity contribution < 1.29 is 19.7 Å². The molecule has 6 N–H and O–H groups in total. The minimum absolute atomic E-state index is 0.0141. The number of aliphatic hydroxyl groups is 2. The zero-order valence-corrected chi connectivity index (χ0v) is 16.3. The molecular formula is C19H27ClN4O4. The Morgan fingerprint density at radius 3 is 2.93 bits per heavy atom. The fourth-order valence-electron chi connectivity index (χ4n) is 5.14. The number of benzene rings is 1. The van der Waals surface area contributed by atoms with Crippen LogP contribution in [0.25, 0.3) is 0 Å². The summed E-state index contributed by atoms with van der Waals surface area (Å²) in [6, 6.07) is 5.69. The molecule has 0 saturated carbocycles. The number of hydrogen-bond acceptors (Lipinski definition) is 8. The molecule has 3 fully saturated rings. The molecular weight excluding hydrogens is 384 g/mol. The first kappa shape index (κ1) is 19.2. The van der Waals surface area contributed by atoms with Gasteiger partial charge in [-0.1, -0.05) is 17.7 Å². The number of ether oxygens (including phenoxy) is 2. The zero-order chi connectivity index (χ0) is 19.4. The number of fused-ring (bicyclic) bond motifs is 2. The molecule has 9 heteroatoms. The first-order valence-corrected chi connectivity index (χ1v) is 10.3. The molecule has 5 rings (SSSR count). The predicted molar refractivity (Wildman–Crippen MR) is 102 cm³/mol. The van der Waals surface area contributed by atoms with Gasteiger partial charge in [0, 0.05) is 24.2 Å². The molecule has 0 spiro atoms. The van der Waals surface area contributed by atoms with Gasteiger partial charge in [-0.2, -0.15) is 0 Å². The van der Waals surface area contributed by atoms with Crippen LogP contribution in [0.2, 0.25) is 5.02 Å². The van der Waals surface area contributed by atoms with E-state index >= 15 is 0 Å². The lowest BCUT2D eigenvalue weighted by Crippen LogP contribution is -2.64. The summed E-state index contributed by atoms with van der Waals surface area (Å²) in [6.07, 6.45) is -2.13. The maximum Gasteiger partial charge on any atom is 0.141 e. The van der Waals surface area contributed by atoms with Gasteiger partial charge in [-0.25, -0.2) is 0 Å². The van der Waals surface area contributed by atoms with E-state index in [1.54, 1.807) is 0 Å². The van der Waals surface area contributed by atoms with Gasteiger partial charge in [-0.3, -0.25) is 15.5 Å². The summed E-state index contributed by atoms with van der Waals surface area (Å²) in [6.45, 7) is 1.88. The largest absolute Gasteiger partial charge is 0.387 e. The minimum atomic E-state index is -1.04. The van der Waals surface area contributed by atoms with Crippen molar-refractivity contribution in [1.29, 1.82) is 0 Å². The Kier molecular flexibility index (Phi) is 5.11. The fourth-order valence-corrected chi connectivity index (χ4v) is 5.33. The fraction of sp³-hybridized carbons (Fsp3) is 0.684. The van der Waals surface area contributed by atoms with Crippen LogP contribution < -0.4 is 16.4 Å². The molecule has 4 aliphatic rings. The van der Waals surface area contributed by atoms with Crippen LogP contribution >= 0.6 is 11.6 Å². The number of likely N-dealkylation sites (tertiary alicyclic amines) is 1. The van der Waals surface area contributed by atoms with Crippen LogP contribution in [0.4, 0.5) is 0 Å². The summed E-state index contributed by atoms with van der Waals surface area (Å²) >= 11 is 6.13. The molecule has 3 unspecified atom stereocenters. The lowest BCUT2D eigenvalue weighted by molar-refractivity contribution is -0.142. The monoisotopic (exact) mass is 410 g/mol. The highest BCUT2D eigenvalue weighted by Gasteiger charge is 2.54. The molecule has 0 amide bonds. The van der Waals surface area contributed by atoms with Crippen molar-refractivity contribution in [3.63, 3.8) is 0 Å². The minimum Gasteiger partial charge on any atom is -0.387 e. The summed E-state index contributed by atoms with van der Waals surface area (Å²) in [5.41, 5.74) is 8.26. The average molecular weight is 411 g/mol. The first-order chi connectivity index (χ1) is 13.5. The van der Waals surface area contributed by atoms with E-state index in [-0.39, 0.29) is 18.2 Å². The molecule has 1 aromatic rings. The molecule has 4 aliphatic heterocycles. The van der Waals surface area contributed by atoms with Crippen molar-refractivity contribution in [3.8, 4) is 0 Å². The van der Waals surface area contributed by atoms with Crippen molar-refractivity contribution in [2.75, 3.05) is 19.8 Å². The van der Waals surface area contributed by atoms with Gasteiger partial charge in [-0.05, 0) is 36.1 Å². The lowest BCUT2D eigenvalue weighted by Gasteiger charge is -2.39. The number of nitrogens with zero attached hydrogens (tertiary/aromatic N) is 1. The molecule has 4 heterocycles. The Balaban J connectivity index is 1.38. The van der Waals surface area contributed by atoms with E-state index in [0.717, 1.165) is 30.5 Å². The number of rotatable bonds is 2. The standard InChI is InChI=1S/C19H27ClN4O4/c20-10-1-2-11-9(7-10)4-6-27-15(11)16-13(25)14(26)19(28-16)24-5-3-12-17(21)22-8-23-18(12)24/h1-2,7,12-19,22-23,25-26H,3-6,8,21H2/t12?,13-,14+,15+,16-,17?,18?,19+/m0/s1. The van der Waals surface area contributed by atoms with Gasteiger partial charge in [-0.15, -0.1) is 0 Å². The van der Waals surface area contributed by atoms with Crippen molar-refractivity contribution in [1.82, 2.24) is 15.5 Å². The highest BCUT2D eigenvalue weighted by Crippen LogP contribution is 2.40. The second-order valence-electron chi connectivity index (χ2n) is 8.10. The molecule has 3 saturated heterocycles. The molecule has 154 valence electrons. The Morgan fingerprint density at radius 2 is 2.07 bits per heavy atom. The van der Waals surface area contributed by atoms with Crippen LogP contribution in [0.1, 0.15) is 23.7 Å². The van der Waals surface area contributed by atoms with Crippen LogP contribution in [0.3, 0.4) is 0 Å². The van der Waals surface area contributed by atoms with E-state index in [4.69, 9.17) is 26.8 Å². The molecule has 0 aromatic heterocycles. The van der Waals surface area contributed by atoms with Gasteiger partial charge in [0.05, 0.1) is 18.9 Å². The summed E-state index contributed by atoms with van der Waals surface area (Å²) in [5.74, 6) is 0.231. The van der Waals surface area contributed by atoms with Crippen LogP contribution in [-0.4, -0.2) is 71.8 Å². The van der Waals surface area contributed by atoms with Gasteiger partial charge < -0.3 is 25.4 Å². The van der Waals surface area contributed by atoms with Crippen LogP contribution in [0, 0.1) is 5.92 Å². The van der Waals surface area contributed by atoms with Crippen molar-refractivity contribution in [2.45, 2.75) is 55.8 Å². The van der Waals surface area contributed by atoms with Crippen LogP contribution in [-0.2, 0) is 15.9 Å². The third-order valence-electron chi connectivity index (χ3n) is 6.57. The van der Waals surface area contributed by atoms with Crippen LogP contribution in [0.15, 0.2) is 18.2 Å². The Morgan fingerprint density at radius 1 is 1.21 bits per heavy atom. The summed E-state index contributed by atoms with van der Waals surface area (Å²) in [7, 11) is 0. The number of nitrogens with one attached hydrogen (secondary N) is 2. The van der Waals surface area contributed by atoms with E-state index < -0.39 is 30.6 Å². The smallest absolute Gasteiger partial charge is 0.141 e. The van der Waals surface area contributed by atoms with E-state index in [1.165, 1.54) is 0 Å². The quantitative estimate of drug-likeness (QED) is 0.443. The molecule has 1 aromatic carbocycles. The van der Waals surface area contributed by atoms with E-state index in [9.17, 15) is 10.2 Å². The number of halogens is 1. The van der Waals surface area contributed by atoms with Gasteiger partial charge in [0.25, 0.3) is 0 Å². The second kappa shape index (κ2) is 7.46.